The van der Waals surface area contributed by atoms with Gasteiger partial charge in [-0.2, -0.15) is 5.06 Å². The van der Waals surface area contributed by atoms with Crippen LogP contribution in [0.4, 0.5) is 0 Å². The summed E-state index contributed by atoms with van der Waals surface area (Å²) in [5, 5.41) is 20.6. The molecule has 1 aromatic carbocycles. The van der Waals surface area contributed by atoms with Crippen LogP contribution in [0.25, 0.3) is 0 Å². The van der Waals surface area contributed by atoms with Crippen molar-refractivity contribution in [3.63, 3.8) is 0 Å². The van der Waals surface area contributed by atoms with Gasteiger partial charge < -0.3 is 19.5 Å². The highest BCUT2D eigenvalue weighted by Crippen LogP contribution is 2.29. The van der Waals surface area contributed by atoms with Crippen LogP contribution in [0.5, 0.6) is 5.75 Å². The van der Waals surface area contributed by atoms with Crippen molar-refractivity contribution in [3.05, 3.63) is 39.9 Å². The van der Waals surface area contributed by atoms with Crippen molar-refractivity contribution in [2.75, 3.05) is 13.2 Å². The van der Waals surface area contributed by atoms with Crippen LogP contribution < -0.4 is 4.74 Å². The number of hydroxylamine groups is 2. The Labute approximate surface area is 134 Å². The Morgan fingerprint density at radius 2 is 2.22 bits per heavy atom. The summed E-state index contributed by atoms with van der Waals surface area (Å²) in [6.07, 6.45) is -0.738. The third-order valence-corrected chi connectivity index (χ3v) is 3.57. The van der Waals surface area contributed by atoms with E-state index in [9.17, 15) is 15.3 Å². The molecule has 1 heterocycles. The molecule has 1 aliphatic heterocycles. The summed E-state index contributed by atoms with van der Waals surface area (Å²) in [6.45, 7) is 4.50. The van der Waals surface area contributed by atoms with Crippen LogP contribution in [0.3, 0.4) is 0 Å². The molecule has 0 spiro atoms. The fourth-order valence-corrected chi connectivity index (χ4v) is 2.32. The Morgan fingerprint density at radius 3 is 2.91 bits per heavy atom. The smallest absolute Gasteiger partial charge is 0.295 e. The molecule has 2 atom stereocenters. The number of benzene rings is 1. The summed E-state index contributed by atoms with van der Waals surface area (Å²) in [5.41, 5.74) is 0.848. The van der Waals surface area contributed by atoms with Crippen molar-refractivity contribution in [1.82, 2.24) is 5.06 Å². The van der Waals surface area contributed by atoms with Crippen molar-refractivity contribution < 1.29 is 24.6 Å². The van der Waals surface area contributed by atoms with Gasteiger partial charge in [-0.3, -0.25) is 0 Å². The molecular formula is C15H22N2O6. The maximum Gasteiger partial charge on any atom is 0.295 e. The predicted octanol–water partition coefficient (Wildman–Crippen LogP) is 2.03. The molecule has 8 heteroatoms. The van der Waals surface area contributed by atoms with E-state index in [0.29, 0.717) is 31.7 Å². The zero-order chi connectivity index (χ0) is 16.8. The van der Waals surface area contributed by atoms with Gasteiger partial charge in [0.25, 0.3) is 5.09 Å². The summed E-state index contributed by atoms with van der Waals surface area (Å²) in [5.74, 6) is 0.645. The van der Waals surface area contributed by atoms with Crippen LogP contribution in [-0.4, -0.2) is 46.9 Å². The second kappa shape index (κ2) is 8.09. The average Bonchev–Trinajstić information content (AvgIpc) is 2.50. The topological polar surface area (TPSA) is 94.3 Å². The lowest BCUT2D eigenvalue weighted by Gasteiger charge is -2.31. The highest BCUT2D eigenvalue weighted by atomic mass is 17.0. The molecule has 0 amide bonds. The fraction of sp³-hybridized carbons (Fsp3) is 0.600. The van der Waals surface area contributed by atoms with E-state index >= 15 is 0 Å². The van der Waals surface area contributed by atoms with E-state index < -0.39 is 17.5 Å². The molecule has 8 nitrogen and oxygen atoms in total. The molecule has 0 saturated carbocycles. The fourth-order valence-electron chi connectivity index (χ4n) is 2.32. The Kier molecular flexibility index (Phi) is 6.14. The number of hydrogen-bond acceptors (Lipinski definition) is 7. The second-order valence-electron chi connectivity index (χ2n) is 5.65. The van der Waals surface area contributed by atoms with Gasteiger partial charge in [0.2, 0.25) is 6.29 Å². The Bertz CT molecular complexity index is 524. The van der Waals surface area contributed by atoms with Gasteiger partial charge in [-0.15, -0.1) is 10.1 Å². The molecule has 1 N–H and O–H groups in total. The average molecular weight is 326 g/mol. The van der Waals surface area contributed by atoms with Gasteiger partial charge in [-0.25, -0.2) is 0 Å². The highest BCUT2D eigenvalue weighted by molar-refractivity contribution is 5.35. The van der Waals surface area contributed by atoms with Crippen LogP contribution in [0.1, 0.15) is 25.8 Å². The predicted molar refractivity (Wildman–Crippen MR) is 80.6 cm³/mol. The lowest BCUT2D eigenvalue weighted by Crippen LogP contribution is -2.43. The minimum absolute atomic E-state index is 0.0263. The lowest BCUT2D eigenvalue weighted by molar-refractivity contribution is -0.772. The van der Waals surface area contributed by atoms with Crippen LogP contribution >= 0.6 is 0 Å². The van der Waals surface area contributed by atoms with Gasteiger partial charge >= 0.3 is 0 Å². The first kappa shape index (κ1) is 17.5. The highest BCUT2D eigenvalue weighted by Gasteiger charge is 2.33. The summed E-state index contributed by atoms with van der Waals surface area (Å²) in [7, 11) is 0. The quantitative estimate of drug-likeness (QED) is 0.444. The van der Waals surface area contributed by atoms with Crippen molar-refractivity contribution in [2.24, 2.45) is 0 Å². The van der Waals surface area contributed by atoms with Crippen LogP contribution in [0, 0.1) is 10.1 Å². The molecule has 1 aromatic rings. The standard InChI is InChI=1S/C15H22N2O6/c1-11(2)16(18)8-5-9-21-15-14(23-17(19)20)10-12-6-3-4-7-13(12)22-15/h3-4,6-7,11,14-15,18H,5,8-10H2,1-2H3/t14?,15-/m0/s1. The second-order valence-corrected chi connectivity index (χ2v) is 5.65. The van der Waals surface area contributed by atoms with E-state index in [0.717, 1.165) is 5.56 Å². The van der Waals surface area contributed by atoms with Crippen molar-refractivity contribution in [3.8, 4) is 5.75 Å². The Balaban J connectivity index is 1.91. The van der Waals surface area contributed by atoms with Gasteiger partial charge in [-0.1, -0.05) is 18.2 Å². The van der Waals surface area contributed by atoms with Crippen LogP contribution in [-0.2, 0) is 16.0 Å². The molecular weight excluding hydrogens is 304 g/mol. The van der Waals surface area contributed by atoms with E-state index in [-0.39, 0.29) is 6.04 Å². The van der Waals surface area contributed by atoms with E-state index in [1.54, 1.807) is 6.07 Å². The summed E-state index contributed by atoms with van der Waals surface area (Å²) < 4.78 is 11.3. The number of ether oxygens (including phenoxy) is 2. The van der Waals surface area contributed by atoms with Crippen LogP contribution in [0.15, 0.2) is 24.3 Å². The number of para-hydroxylation sites is 1. The van der Waals surface area contributed by atoms with Crippen molar-refractivity contribution in [2.45, 2.75) is 45.1 Å². The normalized spacial score (nSPS) is 20.2. The first-order valence-electron chi connectivity index (χ1n) is 7.60. The SMILES string of the molecule is CC(C)N(O)CCCO[C@H]1Oc2ccccc2CC1O[N+](=O)[O-]. The van der Waals surface area contributed by atoms with E-state index in [2.05, 4.69) is 4.84 Å². The molecule has 0 aromatic heterocycles. The van der Waals surface area contributed by atoms with Gasteiger partial charge in [0.15, 0.2) is 6.10 Å². The van der Waals surface area contributed by atoms with E-state index in [1.807, 2.05) is 32.0 Å². The first-order valence-corrected chi connectivity index (χ1v) is 7.60. The lowest BCUT2D eigenvalue weighted by atomic mass is 10.0. The van der Waals surface area contributed by atoms with E-state index in [4.69, 9.17) is 9.47 Å². The zero-order valence-corrected chi connectivity index (χ0v) is 13.3. The summed E-state index contributed by atoms with van der Waals surface area (Å²) in [6, 6.07) is 7.33. The Morgan fingerprint density at radius 1 is 1.48 bits per heavy atom. The number of nitrogens with zero attached hydrogens (tertiary/aromatic N) is 2. The van der Waals surface area contributed by atoms with E-state index in [1.165, 1.54) is 5.06 Å². The number of hydrogen-bond donors (Lipinski definition) is 1. The largest absolute Gasteiger partial charge is 0.462 e. The van der Waals surface area contributed by atoms with Gasteiger partial charge in [0.05, 0.1) is 6.61 Å². The molecule has 0 radical (unpaired) electrons. The third-order valence-electron chi connectivity index (χ3n) is 3.57. The molecule has 1 aliphatic rings. The molecule has 23 heavy (non-hydrogen) atoms. The summed E-state index contributed by atoms with van der Waals surface area (Å²) >= 11 is 0. The molecule has 0 aliphatic carbocycles. The molecule has 128 valence electrons. The minimum atomic E-state index is -0.846. The number of rotatable bonds is 8. The molecule has 2 rings (SSSR count). The molecule has 1 unspecified atom stereocenters. The third kappa shape index (κ3) is 5.05. The van der Waals surface area contributed by atoms with Gasteiger partial charge in [0.1, 0.15) is 5.75 Å². The van der Waals surface area contributed by atoms with Gasteiger partial charge in [0, 0.05) is 19.0 Å². The Hall–Kier alpha value is -1.90. The molecule has 0 bridgehead atoms. The number of fused-ring (bicyclic) bond motifs is 1. The summed E-state index contributed by atoms with van der Waals surface area (Å²) in [4.78, 5) is 15.3. The minimum Gasteiger partial charge on any atom is -0.462 e. The van der Waals surface area contributed by atoms with Crippen molar-refractivity contribution >= 4 is 0 Å². The molecule has 0 saturated heterocycles. The van der Waals surface area contributed by atoms with Crippen molar-refractivity contribution in [1.29, 1.82) is 0 Å². The van der Waals surface area contributed by atoms with Gasteiger partial charge in [-0.05, 0) is 31.9 Å². The first-order chi connectivity index (χ1) is 11.0. The maximum atomic E-state index is 10.7. The monoisotopic (exact) mass is 326 g/mol. The molecule has 0 fully saturated rings. The maximum absolute atomic E-state index is 10.7. The van der Waals surface area contributed by atoms with Crippen LogP contribution in [0.2, 0.25) is 0 Å². The zero-order valence-electron chi connectivity index (χ0n) is 13.3.